The van der Waals surface area contributed by atoms with Gasteiger partial charge in [-0.05, 0) is 50.7 Å². The van der Waals surface area contributed by atoms with Gasteiger partial charge < -0.3 is 19.9 Å². The van der Waals surface area contributed by atoms with Gasteiger partial charge in [-0.3, -0.25) is 9.59 Å². The van der Waals surface area contributed by atoms with Crippen LogP contribution in [0.3, 0.4) is 0 Å². The summed E-state index contributed by atoms with van der Waals surface area (Å²) in [5, 5.41) is 3.64. The Balaban J connectivity index is 1.26. The van der Waals surface area contributed by atoms with Crippen molar-refractivity contribution in [1.82, 2.24) is 15.1 Å². The Morgan fingerprint density at radius 2 is 1.86 bits per heavy atom. The summed E-state index contributed by atoms with van der Waals surface area (Å²) in [6.45, 7) is 1.66. The van der Waals surface area contributed by atoms with Crippen LogP contribution in [-0.4, -0.2) is 66.5 Å². The zero-order valence-electron chi connectivity index (χ0n) is 17.4. The number of para-hydroxylation sites is 1. The average Bonchev–Trinajstić information content (AvgIpc) is 3.10. The first-order valence-corrected chi connectivity index (χ1v) is 11.1. The lowest BCUT2D eigenvalue weighted by molar-refractivity contribution is -0.142. The molecule has 158 valence electrons. The first-order chi connectivity index (χ1) is 14.1. The lowest BCUT2D eigenvalue weighted by atomic mass is 9.93. The minimum atomic E-state index is -0.0692. The van der Waals surface area contributed by atoms with Gasteiger partial charge in [0.05, 0.1) is 18.9 Å². The van der Waals surface area contributed by atoms with Crippen molar-refractivity contribution < 1.29 is 14.3 Å². The molecule has 3 heterocycles. The van der Waals surface area contributed by atoms with Gasteiger partial charge in [-0.25, -0.2) is 0 Å². The second-order valence-electron chi connectivity index (χ2n) is 8.80. The first-order valence-electron chi connectivity index (χ1n) is 11.1. The van der Waals surface area contributed by atoms with Crippen LogP contribution < -0.4 is 10.1 Å². The molecule has 0 aliphatic carbocycles. The maximum absolute atomic E-state index is 13.1. The largest absolute Gasteiger partial charge is 0.493 e. The van der Waals surface area contributed by atoms with Gasteiger partial charge in [-0.15, -0.1) is 0 Å². The molecule has 6 heteroatoms. The van der Waals surface area contributed by atoms with Crippen molar-refractivity contribution >= 4 is 11.8 Å². The summed E-state index contributed by atoms with van der Waals surface area (Å²) in [5.41, 5.74) is 0. The van der Waals surface area contributed by atoms with Crippen molar-refractivity contribution in [3.63, 3.8) is 0 Å². The number of piperidine rings is 2. The Kier molecular flexibility index (Phi) is 6.38. The summed E-state index contributed by atoms with van der Waals surface area (Å²) < 4.78 is 5.66. The van der Waals surface area contributed by atoms with Gasteiger partial charge in [0.15, 0.2) is 0 Å². The summed E-state index contributed by atoms with van der Waals surface area (Å²) in [6.07, 6.45) is 6.72. The highest BCUT2D eigenvalue weighted by Gasteiger charge is 2.38. The fraction of sp³-hybridized carbons (Fsp3) is 0.652. The van der Waals surface area contributed by atoms with Gasteiger partial charge >= 0.3 is 0 Å². The number of fused-ring (bicyclic) bond motifs is 2. The van der Waals surface area contributed by atoms with Crippen LogP contribution >= 0.6 is 0 Å². The topological polar surface area (TPSA) is 61.9 Å². The van der Waals surface area contributed by atoms with Gasteiger partial charge in [0.25, 0.3) is 0 Å². The van der Waals surface area contributed by atoms with E-state index in [-0.39, 0.29) is 17.7 Å². The predicted octanol–water partition coefficient (Wildman–Crippen LogP) is 2.44. The third kappa shape index (κ3) is 4.92. The maximum atomic E-state index is 13.1. The van der Waals surface area contributed by atoms with E-state index >= 15 is 0 Å². The van der Waals surface area contributed by atoms with Gasteiger partial charge in [0.1, 0.15) is 5.75 Å². The predicted molar refractivity (Wildman–Crippen MR) is 112 cm³/mol. The van der Waals surface area contributed by atoms with E-state index in [1.165, 1.54) is 12.8 Å². The standard InChI is InChI=1S/C23H33N3O3/c1-25(20-14-18-9-10-19(15-20)24-18)23(28)17-6-5-12-26(16-17)22(27)11-13-29-21-7-3-2-4-8-21/h2-4,7-8,17-20,24H,5-6,9-16H2,1H3. The molecule has 4 rings (SSSR count). The second-order valence-corrected chi connectivity index (χ2v) is 8.80. The summed E-state index contributed by atoms with van der Waals surface area (Å²) in [6, 6.07) is 11.0. The molecule has 1 aromatic rings. The molecular weight excluding hydrogens is 366 g/mol. The summed E-state index contributed by atoms with van der Waals surface area (Å²) in [4.78, 5) is 29.6. The summed E-state index contributed by atoms with van der Waals surface area (Å²) in [5.74, 6) is 1.01. The summed E-state index contributed by atoms with van der Waals surface area (Å²) >= 11 is 0. The van der Waals surface area contributed by atoms with Gasteiger partial charge in [0.2, 0.25) is 11.8 Å². The second kappa shape index (κ2) is 9.16. The highest BCUT2D eigenvalue weighted by molar-refractivity contribution is 5.81. The normalized spacial score (nSPS) is 28.8. The molecule has 0 saturated carbocycles. The number of carbonyl (C=O) groups excluding carboxylic acids is 2. The van der Waals surface area contributed by atoms with Crippen molar-refractivity contribution in [2.75, 3.05) is 26.7 Å². The SMILES string of the molecule is CN(C(=O)C1CCCN(C(=O)CCOc2ccccc2)C1)C1CC2CCC(C1)N2. The molecule has 1 N–H and O–H groups in total. The highest BCUT2D eigenvalue weighted by atomic mass is 16.5. The molecule has 2 bridgehead atoms. The van der Waals surface area contributed by atoms with E-state index in [9.17, 15) is 9.59 Å². The van der Waals surface area contributed by atoms with E-state index in [2.05, 4.69) is 5.32 Å². The number of benzene rings is 1. The van der Waals surface area contributed by atoms with E-state index in [4.69, 9.17) is 4.74 Å². The zero-order chi connectivity index (χ0) is 20.2. The van der Waals surface area contributed by atoms with Crippen molar-refractivity contribution in [1.29, 1.82) is 0 Å². The van der Waals surface area contributed by atoms with Crippen LogP contribution in [0.15, 0.2) is 30.3 Å². The quantitative estimate of drug-likeness (QED) is 0.798. The molecule has 3 aliphatic heterocycles. The number of nitrogens with zero attached hydrogens (tertiary/aromatic N) is 2. The number of ether oxygens (including phenoxy) is 1. The number of amides is 2. The number of nitrogens with one attached hydrogen (secondary N) is 1. The summed E-state index contributed by atoms with van der Waals surface area (Å²) in [7, 11) is 1.96. The number of carbonyl (C=O) groups is 2. The van der Waals surface area contributed by atoms with Crippen LogP contribution in [0.4, 0.5) is 0 Å². The molecule has 1 aromatic carbocycles. The first kappa shape index (κ1) is 20.2. The van der Waals surface area contributed by atoms with E-state index in [0.29, 0.717) is 37.7 Å². The monoisotopic (exact) mass is 399 g/mol. The Morgan fingerprint density at radius 3 is 2.59 bits per heavy atom. The van der Waals surface area contributed by atoms with Gasteiger partial charge in [-0.1, -0.05) is 18.2 Å². The van der Waals surface area contributed by atoms with Gasteiger partial charge in [0, 0.05) is 38.3 Å². The fourth-order valence-electron chi connectivity index (χ4n) is 5.15. The van der Waals surface area contributed by atoms with Gasteiger partial charge in [-0.2, -0.15) is 0 Å². The lowest BCUT2D eigenvalue weighted by Crippen LogP contribution is -2.52. The van der Waals surface area contributed by atoms with Crippen LogP contribution in [0.1, 0.15) is 44.9 Å². The van der Waals surface area contributed by atoms with Crippen LogP contribution in [-0.2, 0) is 9.59 Å². The van der Waals surface area contributed by atoms with Crippen LogP contribution in [0.5, 0.6) is 5.75 Å². The average molecular weight is 400 g/mol. The molecule has 3 fully saturated rings. The maximum Gasteiger partial charge on any atom is 0.227 e. The van der Waals surface area contributed by atoms with Crippen molar-refractivity contribution in [2.24, 2.45) is 5.92 Å². The highest BCUT2D eigenvalue weighted by Crippen LogP contribution is 2.30. The fourth-order valence-corrected chi connectivity index (χ4v) is 5.15. The molecule has 0 spiro atoms. The molecule has 0 radical (unpaired) electrons. The molecule has 3 saturated heterocycles. The molecule has 3 atom stereocenters. The van der Waals surface area contributed by atoms with Crippen molar-refractivity contribution in [2.45, 2.75) is 63.1 Å². The smallest absolute Gasteiger partial charge is 0.227 e. The zero-order valence-corrected chi connectivity index (χ0v) is 17.4. The van der Waals surface area contributed by atoms with E-state index in [0.717, 1.165) is 38.0 Å². The molecule has 3 unspecified atom stereocenters. The Hall–Kier alpha value is -2.08. The number of hydrogen-bond donors (Lipinski definition) is 1. The molecular formula is C23H33N3O3. The van der Waals surface area contributed by atoms with Crippen LogP contribution in [0.2, 0.25) is 0 Å². The molecule has 29 heavy (non-hydrogen) atoms. The number of likely N-dealkylation sites (tertiary alicyclic amines) is 1. The minimum Gasteiger partial charge on any atom is -0.493 e. The van der Waals surface area contributed by atoms with Crippen molar-refractivity contribution in [3.05, 3.63) is 30.3 Å². The Bertz CT molecular complexity index is 699. The molecule has 3 aliphatic rings. The van der Waals surface area contributed by atoms with E-state index in [1.54, 1.807) is 0 Å². The molecule has 2 amide bonds. The van der Waals surface area contributed by atoms with Crippen LogP contribution in [0.25, 0.3) is 0 Å². The third-order valence-corrected chi connectivity index (χ3v) is 6.79. The molecule has 0 aromatic heterocycles. The number of rotatable bonds is 6. The van der Waals surface area contributed by atoms with Crippen molar-refractivity contribution in [3.8, 4) is 5.75 Å². The third-order valence-electron chi connectivity index (χ3n) is 6.79. The van der Waals surface area contributed by atoms with E-state index in [1.807, 2.05) is 47.2 Å². The van der Waals surface area contributed by atoms with Crippen LogP contribution in [0, 0.1) is 5.92 Å². The Morgan fingerprint density at radius 1 is 1.14 bits per heavy atom. The molecule has 6 nitrogen and oxygen atoms in total. The number of hydrogen-bond acceptors (Lipinski definition) is 4. The Labute approximate surface area is 173 Å². The van der Waals surface area contributed by atoms with E-state index < -0.39 is 0 Å². The lowest BCUT2D eigenvalue weighted by Gasteiger charge is -2.39. The minimum absolute atomic E-state index is 0.0692.